The van der Waals surface area contributed by atoms with Gasteiger partial charge in [-0.15, -0.1) is 0 Å². The highest BCUT2D eigenvalue weighted by Gasteiger charge is 2.34. The van der Waals surface area contributed by atoms with Gasteiger partial charge in [0.2, 0.25) is 0 Å². The van der Waals surface area contributed by atoms with Crippen LogP contribution in [0.4, 0.5) is 13.2 Å². The number of hydrogen-bond donors (Lipinski definition) is 2. The van der Waals surface area contributed by atoms with Gasteiger partial charge in [-0.2, -0.15) is 13.2 Å². The molecule has 7 heteroatoms. The fraction of sp³-hybridized carbons (Fsp3) is 0.100. The van der Waals surface area contributed by atoms with E-state index in [1.165, 1.54) is 12.1 Å². The van der Waals surface area contributed by atoms with E-state index in [9.17, 15) is 18.0 Å². The van der Waals surface area contributed by atoms with E-state index in [4.69, 9.17) is 16.7 Å². The molecule has 0 aliphatic carbocycles. The van der Waals surface area contributed by atoms with Crippen LogP contribution in [0.3, 0.4) is 0 Å². The van der Waals surface area contributed by atoms with E-state index >= 15 is 0 Å². The predicted molar refractivity (Wildman–Crippen MR) is 55.3 cm³/mol. The number of H-pyrrole nitrogens is 1. The summed E-state index contributed by atoms with van der Waals surface area (Å²) in [5.41, 5.74) is -1.70. The first-order chi connectivity index (χ1) is 7.82. The molecule has 0 spiro atoms. The standard InChI is InChI=1S/C10H5ClF3NO2/c11-6-4-2-1-3-5(10(12,13)14)7(4)15-8(6)9(16)17/h1-3,15H,(H,16,17). The normalized spacial score (nSPS) is 12.0. The lowest BCUT2D eigenvalue weighted by atomic mass is 10.1. The van der Waals surface area contributed by atoms with Crippen molar-refractivity contribution in [3.05, 3.63) is 34.5 Å². The van der Waals surface area contributed by atoms with Crippen molar-refractivity contribution < 1.29 is 23.1 Å². The molecule has 2 rings (SSSR count). The monoisotopic (exact) mass is 263 g/mol. The number of carboxylic acids is 1. The maximum Gasteiger partial charge on any atom is 0.418 e. The van der Waals surface area contributed by atoms with Crippen molar-refractivity contribution >= 4 is 28.5 Å². The number of alkyl halides is 3. The van der Waals surface area contributed by atoms with Gasteiger partial charge in [0.05, 0.1) is 16.1 Å². The molecule has 0 amide bonds. The van der Waals surface area contributed by atoms with Crippen molar-refractivity contribution in [2.75, 3.05) is 0 Å². The minimum absolute atomic E-state index is 0.0406. The second-order valence-corrected chi connectivity index (χ2v) is 3.72. The molecule has 1 aromatic heterocycles. The van der Waals surface area contributed by atoms with Gasteiger partial charge in [0.25, 0.3) is 0 Å². The Morgan fingerprint density at radius 1 is 1.35 bits per heavy atom. The van der Waals surface area contributed by atoms with Crippen LogP contribution in [0, 0.1) is 0 Å². The summed E-state index contributed by atoms with van der Waals surface area (Å²) in [5.74, 6) is -1.40. The summed E-state index contributed by atoms with van der Waals surface area (Å²) in [5, 5.41) is 8.58. The third-order valence-corrected chi connectivity index (χ3v) is 2.68. The number of aromatic carboxylic acids is 1. The Labute approximate surface area is 97.8 Å². The first kappa shape index (κ1) is 11.8. The zero-order valence-corrected chi connectivity index (χ0v) is 8.86. The predicted octanol–water partition coefficient (Wildman–Crippen LogP) is 3.54. The molecule has 3 nitrogen and oxygen atoms in total. The summed E-state index contributed by atoms with van der Waals surface area (Å²) < 4.78 is 37.9. The quantitative estimate of drug-likeness (QED) is 0.827. The summed E-state index contributed by atoms with van der Waals surface area (Å²) in [7, 11) is 0. The SMILES string of the molecule is O=C(O)c1[nH]c2c(C(F)(F)F)cccc2c1Cl. The van der Waals surface area contributed by atoms with Crippen LogP contribution < -0.4 is 0 Å². The molecule has 0 saturated heterocycles. The molecule has 0 saturated carbocycles. The second kappa shape index (κ2) is 3.66. The summed E-state index contributed by atoms with van der Waals surface area (Å²) in [6.45, 7) is 0. The van der Waals surface area contributed by atoms with Crippen molar-refractivity contribution in [1.82, 2.24) is 4.98 Å². The van der Waals surface area contributed by atoms with Crippen LogP contribution in [-0.2, 0) is 6.18 Å². The lowest BCUT2D eigenvalue weighted by Crippen LogP contribution is -2.05. The largest absolute Gasteiger partial charge is 0.477 e. The molecule has 17 heavy (non-hydrogen) atoms. The van der Waals surface area contributed by atoms with Gasteiger partial charge in [0, 0.05) is 5.39 Å². The first-order valence-corrected chi connectivity index (χ1v) is 4.81. The van der Waals surface area contributed by atoms with Crippen LogP contribution in [0.1, 0.15) is 16.1 Å². The molecule has 0 bridgehead atoms. The fourth-order valence-electron chi connectivity index (χ4n) is 1.57. The Morgan fingerprint density at radius 2 is 2.00 bits per heavy atom. The minimum atomic E-state index is -4.57. The molecular weight excluding hydrogens is 259 g/mol. The molecule has 2 N–H and O–H groups in total. The van der Waals surface area contributed by atoms with E-state index in [0.717, 1.165) is 6.07 Å². The van der Waals surface area contributed by atoms with Crippen LogP contribution in [0.5, 0.6) is 0 Å². The summed E-state index contributed by atoms with van der Waals surface area (Å²) in [4.78, 5) is 12.9. The number of aromatic amines is 1. The first-order valence-electron chi connectivity index (χ1n) is 4.43. The highest BCUT2D eigenvalue weighted by atomic mass is 35.5. The van der Waals surface area contributed by atoms with Crippen LogP contribution in [-0.4, -0.2) is 16.1 Å². The van der Waals surface area contributed by atoms with E-state index in [1.807, 2.05) is 0 Å². The topological polar surface area (TPSA) is 53.1 Å². The van der Waals surface area contributed by atoms with Crippen LogP contribution in [0.15, 0.2) is 18.2 Å². The molecule has 0 atom stereocenters. The number of fused-ring (bicyclic) bond motifs is 1. The Hall–Kier alpha value is -1.69. The number of halogens is 4. The van der Waals surface area contributed by atoms with Crippen LogP contribution in [0.2, 0.25) is 5.02 Å². The number of aromatic nitrogens is 1. The number of para-hydroxylation sites is 1. The van der Waals surface area contributed by atoms with Crippen molar-refractivity contribution in [3.63, 3.8) is 0 Å². The van der Waals surface area contributed by atoms with Gasteiger partial charge in [0.1, 0.15) is 5.69 Å². The highest BCUT2D eigenvalue weighted by Crippen LogP contribution is 2.37. The van der Waals surface area contributed by atoms with E-state index in [2.05, 4.69) is 4.98 Å². The summed E-state index contributed by atoms with van der Waals surface area (Å²) in [6.07, 6.45) is -4.57. The van der Waals surface area contributed by atoms with Gasteiger partial charge in [-0.3, -0.25) is 0 Å². The van der Waals surface area contributed by atoms with E-state index in [1.54, 1.807) is 0 Å². The van der Waals surface area contributed by atoms with Gasteiger partial charge in [0.15, 0.2) is 0 Å². The minimum Gasteiger partial charge on any atom is -0.477 e. The molecule has 1 heterocycles. The Morgan fingerprint density at radius 3 is 2.53 bits per heavy atom. The van der Waals surface area contributed by atoms with Gasteiger partial charge < -0.3 is 10.1 Å². The van der Waals surface area contributed by atoms with Gasteiger partial charge >= 0.3 is 12.1 Å². The number of rotatable bonds is 1. The zero-order valence-electron chi connectivity index (χ0n) is 8.10. The van der Waals surface area contributed by atoms with Gasteiger partial charge in [-0.05, 0) is 6.07 Å². The molecule has 90 valence electrons. The number of hydrogen-bond acceptors (Lipinski definition) is 1. The molecule has 2 aromatic rings. The third-order valence-electron chi connectivity index (χ3n) is 2.29. The van der Waals surface area contributed by atoms with Gasteiger partial charge in [-0.25, -0.2) is 4.79 Å². The third kappa shape index (κ3) is 1.84. The van der Waals surface area contributed by atoms with Crippen molar-refractivity contribution in [2.24, 2.45) is 0 Å². The maximum atomic E-state index is 12.6. The Bertz CT molecular complexity index is 603. The fourth-order valence-corrected chi connectivity index (χ4v) is 1.85. The lowest BCUT2D eigenvalue weighted by molar-refractivity contribution is -0.136. The van der Waals surface area contributed by atoms with E-state index in [-0.39, 0.29) is 15.9 Å². The second-order valence-electron chi connectivity index (χ2n) is 3.35. The Balaban J connectivity index is 2.83. The number of carbonyl (C=O) groups is 1. The molecule has 0 radical (unpaired) electrons. The van der Waals surface area contributed by atoms with Crippen molar-refractivity contribution in [1.29, 1.82) is 0 Å². The van der Waals surface area contributed by atoms with Gasteiger partial charge in [-0.1, -0.05) is 23.7 Å². The average Bonchev–Trinajstić information content (AvgIpc) is 2.55. The molecule has 1 aromatic carbocycles. The van der Waals surface area contributed by atoms with Crippen LogP contribution in [0.25, 0.3) is 10.9 Å². The molecule has 0 fully saturated rings. The summed E-state index contributed by atoms with van der Waals surface area (Å²) in [6, 6.07) is 3.37. The Kier molecular flexibility index (Phi) is 2.54. The van der Waals surface area contributed by atoms with Crippen molar-refractivity contribution in [2.45, 2.75) is 6.18 Å². The smallest absolute Gasteiger partial charge is 0.418 e. The van der Waals surface area contributed by atoms with E-state index in [0.29, 0.717) is 0 Å². The number of carboxylic acid groups (broad SMARTS) is 1. The van der Waals surface area contributed by atoms with Crippen LogP contribution >= 0.6 is 11.6 Å². The lowest BCUT2D eigenvalue weighted by Gasteiger charge is -2.07. The zero-order chi connectivity index (χ0) is 12.8. The van der Waals surface area contributed by atoms with Crippen molar-refractivity contribution in [3.8, 4) is 0 Å². The van der Waals surface area contributed by atoms with E-state index < -0.39 is 23.4 Å². The molecule has 0 aliphatic rings. The maximum absolute atomic E-state index is 12.6. The molecule has 0 aliphatic heterocycles. The molecule has 0 unspecified atom stereocenters. The molecular formula is C10H5ClF3NO2. The number of benzene rings is 1. The number of nitrogens with one attached hydrogen (secondary N) is 1. The average molecular weight is 264 g/mol. The highest BCUT2D eigenvalue weighted by molar-refractivity contribution is 6.38. The summed E-state index contributed by atoms with van der Waals surface area (Å²) >= 11 is 5.69.